The molecule has 108 valence electrons. The Morgan fingerprint density at radius 2 is 2.11 bits per heavy atom. The van der Waals surface area contributed by atoms with Crippen LogP contribution in [0.1, 0.15) is 52.3 Å². The summed E-state index contributed by atoms with van der Waals surface area (Å²) in [6.45, 7) is 8.84. The number of fused-ring (bicyclic) bond motifs is 1. The van der Waals surface area contributed by atoms with Crippen LogP contribution in [0.25, 0.3) is 0 Å². The normalized spacial score (nSPS) is 18.7. The molecule has 5 heteroatoms. The van der Waals surface area contributed by atoms with Crippen LogP contribution in [0, 0.1) is 0 Å². The molecule has 0 saturated heterocycles. The highest BCUT2D eigenvalue weighted by molar-refractivity contribution is 7.99. The van der Waals surface area contributed by atoms with E-state index in [1.807, 2.05) is 11.8 Å². The smallest absolute Gasteiger partial charge is 0.191 e. The summed E-state index contributed by atoms with van der Waals surface area (Å²) in [4.78, 5) is 0. The van der Waals surface area contributed by atoms with Gasteiger partial charge >= 0.3 is 0 Å². The number of rotatable bonds is 6. The van der Waals surface area contributed by atoms with Crippen molar-refractivity contribution in [2.75, 3.05) is 6.54 Å². The van der Waals surface area contributed by atoms with Crippen molar-refractivity contribution in [2.45, 2.75) is 75.9 Å². The van der Waals surface area contributed by atoms with Crippen LogP contribution in [-0.4, -0.2) is 32.6 Å². The number of nitrogens with zero attached hydrogens (tertiary/aromatic N) is 3. The zero-order valence-corrected chi connectivity index (χ0v) is 13.2. The third kappa shape index (κ3) is 4.21. The number of aryl methyl sites for hydroxylation is 1. The lowest BCUT2D eigenvalue weighted by Crippen LogP contribution is -2.30. The predicted octanol–water partition coefficient (Wildman–Crippen LogP) is 2.87. The van der Waals surface area contributed by atoms with Gasteiger partial charge in [0.15, 0.2) is 5.16 Å². The highest BCUT2D eigenvalue weighted by Crippen LogP contribution is 2.24. The van der Waals surface area contributed by atoms with Crippen molar-refractivity contribution >= 4 is 11.8 Å². The quantitative estimate of drug-likeness (QED) is 0.815. The summed E-state index contributed by atoms with van der Waals surface area (Å²) >= 11 is 1.85. The Morgan fingerprint density at radius 1 is 1.26 bits per heavy atom. The van der Waals surface area contributed by atoms with Gasteiger partial charge in [0.25, 0.3) is 0 Å². The summed E-state index contributed by atoms with van der Waals surface area (Å²) in [7, 11) is 0. The van der Waals surface area contributed by atoms with E-state index in [2.05, 4.69) is 40.9 Å². The van der Waals surface area contributed by atoms with Crippen molar-refractivity contribution in [1.29, 1.82) is 0 Å². The lowest BCUT2D eigenvalue weighted by molar-refractivity contribution is 0.535. The van der Waals surface area contributed by atoms with Crippen LogP contribution in [0.15, 0.2) is 5.16 Å². The number of nitrogens with one attached hydrogen (secondary N) is 1. The van der Waals surface area contributed by atoms with Crippen LogP contribution >= 0.6 is 11.8 Å². The minimum atomic E-state index is 0.533. The Balaban J connectivity index is 1.90. The van der Waals surface area contributed by atoms with E-state index < -0.39 is 0 Å². The molecule has 0 aliphatic carbocycles. The van der Waals surface area contributed by atoms with Crippen molar-refractivity contribution in [1.82, 2.24) is 20.1 Å². The van der Waals surface area contributed by atoms with Gasteiger partial charge in [-0.2, -0.15) is 0 Å². The molecule has 19 heavy (non-hydrogen) atoms. The zero-order valence-electron chi connectivity index (χ0n) is 12.4. The summed E-state index contributed by atoms with van der Waals surface area (Å²) in [6.07, 6.45) is 6.11. The van der Waals surface area contributed by atoms with Gasteiger partial charge in [-0.25, -0.2) is 0 Å². The molecule has 0 saturated carbocycles. The number of hydrogen-bond donors (Lipinski definition) is 1. The van der Waals surface area contributed by atoms with E-state index in [-0.39, 0.29) is 0 Å². The Hall–Kier alpha value is -0.550. The van der Waals surface area contributed by atoms with Gasteiger partial charge in [-0.3, -0.25) is 0 Å². The number of hydrogen-bond acceptors (Lipinski definition) is 4. The largest absolute Gasteiger partial charge is 0.313 e. The van der Waals surface area contributed by atoms with E-state index >= 15 is 0 Å². The van der Waals surface area contributed by atoms with Crippen LogP contribution in [-0.2, 0) is 13.0 Å². The summed E-state index contributed by atoms with van der Waals surface area (Å²) < 4.78 is 2.33. The Morgan fingerprint density at radius 3 is 2.89 bits per heavy atom. The fourth-order valence-corrected chi connectivity index (χ4v) is 3.23. The van der Waals surface area contributed by atoms with Gasteiger partial charge < -0.3 is 9.88 Å². The molecule has 2 heterocycles. The molecule has 0 bridgehead atoms. The van der Waals surface area contributed by atoms with Crippen molar-refractivity contribution in [3.63, 3.8) is 0 Å². The van der Waals surface area contributed by atoms with Crippen LogP contribution in [0.4, 0.5) is 0 Å². The van der Waals surface area contributed by atoms with E-state index in [4.69, 9.17) is 0 Å². The molecule has 0 fully saturated rings. The molecule has 0 radical (unpaired) electrons. The monoisotopic (exact) mass is 282 g/mol. The molecule has 0 aromatic carbocycles. The Bertz CT molecular complexity index is 391. The fourth-order valence-electron chi connectivity index (χ4n) is 2.28. The minimum Gasteiger partial charge on any atom is -0.313 e. The van der Waals surface area contributed by atoms with E-state index in [9.17, 15) is 0 Å². The second-order valence-electron chi connectivity index (χ2n) is 5.51. The first-order valence-corrected chi connectivity index (χ1v) is 8.40. The molecular formula is C14H26N4S. The average molecular weight is 282 g/mol. The van der Waals surface area contributed by atoms with Crippen molar-refractivity contribution < 1.29 is 0 Å². The highest BCUT2D eigenvalue weighted by atomic mass is 32.2. The summed E-state index contributed by atoms with van der Waals surface area (Å²) in [5.74, 6) is 1.18. The van der Waals surface area contributed by atoms with Gasteiger partial charge in [-0.05, 0) is 26.2 Å². The zero-order chi connectivity index (χ0) is 13.7. The van der Waals surface area contributed by atoms with Crippen molar-refractivity contribution in [3.05, 3.63) is 5.82 Å². The summed E-state index contributed by atoms with van der Waals surface area (Å²) in [5.41, 5.74) is 0. The summed E-state index contributed by atoms with van der Waals surface area (Å²) in [6, 6.07) is 0.596. The second-order valence-corrected chi connectivity index (χ2v) is 6.91. The Kier molecular flexibility index (Phi) is 5.70. The standard InChI is InChI=1S/C14H26N4S/c1-4-11(2)15-10-12(3)19-14-17-16-13-8-6-5-7-9-18(13)14/h11-12,15H,4-10H2,1-3H3. The predicted molar refractivity (Wildman–Crippen MR) is 80.7 cm³/mol. The maximum absolute atomic E-state index is 4.37. The fraction of sp³-hybridized carbons (Fsp3) is 0.857. The van der Waals surface area contributed by atoms with Gasteiger partial charge in [-0.15, -0.1) is 10.2 Å². The SMILES string of the molecule is CCC(C)NCC(C)Sc1nnc2n1CCCCC2. The molecule has 0 amide bonds. The maximum atomic E-state index is 4.37. The molecule has 0 spiro atoms. The lowest BCUT2D eigenvalue weighted by atomic mass is 10.2. The maximum Gasteiger partial charge on any atom is 0.191 e. The highest BCUT2D eigenvalue weighted by Gasteiger charge is 2.17. The van der Waals surface area contributed by atoms with Crippen LogP contribution in [0.5, 0.6) is 0 Å². The van der Waals surface area contributed by atoms with Gasteiger partial charge in [0.1, 0.15) is 5.82 Å². The molecular weight excluding hydrogens is 256 g/mol. The van der Waals surface area contributed by atoms with Gasteiger partial charge in [-0.1, -0.05) is 32.0 Å². The molecule has 1 aromatic rings. The van der Waals surface area contributed by atoms with Gasteiger partial charge in [0.05, 0.1) is 0 Å². The minimum absolute atomic E-state index is 0.533. The molecule has 1 aromatic heterocycles. The topological polar surface area (TPSA) is 42.7 Å². The van der Waals surface area contributed by atoms with Gasteiger partial charge in [0, 0.05) is 30.8 Å². The second kappa shape index (κ2) is 7.29. The number of thioether (sulfide) groups is 1. The van der Waals surface area contributed by atoms with Crippen molar-refractivity contribution in [2.24, 2.45) is 0 Å². The van der Waals surface area contributed by atoms with Crippen LogP contribution < -0.4 is 5.32 Å². The molecule has 1 aliphatic rings. The molecule has 2 rings (SSSR count). The first kappa shape index (κ1) is 14.9. The van der Waals surface area contributed by atoms with E-state index in [1.54, 1.807) is 0 Å². The molecule has 1 aliphatic heterocycles. The van der Waals surface area contributed by atoms with Gasteiger partial charge in [0.2, 0.25) is 0 Å². The van der Waals surface area contributed by atoms with Crippen LogP contribution in [0.3, 0.4) is 0 Å². The first-order valence-electron chi connectivity index (χ1n) is 7.52. The Labute approximate surface area is 120 Å². The van der Waals surface area contributed by atoms with Crippen molar-refractivity contribution in [3.8, 4) is 0 Å². The van der Waals surface area contributed by atoms with Crippen LogP contribution in [0.2, 0.25) is 0 Å². The molecule has 1 N–H and O–H groups in total. The third-order valence-electron chi connectivity index (χ3n) is 3.75. The molecule has 2 unspecified atom stereocenters. The third-order valence-corrected chi connectivity index (χ3v) is 4.83. The average Bonchev–Trinajstić information content (AvgIpc) is 2.64. The molecule has 2 atom stereocenters. The van der Waals surface area contributed by atoms with E-state index in [1.165, 1.54) is 31.5 Å². The number of aromatic nitrogens is 3. The first-order chi connectivity index (χ1) is 9.20. The summed E-state index contributed by atoms with van der Waals surface area (Å²) in [5, 5.41) is 13.9. The van der Waals surface area contributed by atoms with E-state index in [0.29, 0.717) is 11.3 Å². The molecule has 4 nitrogen and oxygen atoms in total. The lowest BCUT2D eigenvalue weighted by Gasteiger charge is -2.16. The van der Waals surface area contributed by atoms with E-state index in [0.717, 1.165) is 24.7 Å².